The van der Waals surface area contributed by atoms with Gasteiger partial charge in [0, 0.05) is 28.2 Å². The number of halogens is 1. The van der Waals surface area contributed by atoms with Gasteiger partial charge in [-0.2, -0.15) is 0 Å². The molecule has 1 saturated carbocycles. The standard InChI is InChI=1S/C32H31ClN2O3/c33-25-13-15-26(16-14-25)35-32(38)29(19-21-5-7-22(8-6-21)20-31(36)37)24-11-9-23(10-12-24)27-17-18-34-30-4-2-1-3-28(27)30/h1-8,13-18,23-24,29H,9-12,19-20H2,(H,35,38)(H,36,37)/t23-,24+,29-/m1/s1. The summed E-state index contributed by atoms with van der Waals surface area (Å²) in [5.74, 6) is -0.317. The molecule has 0 saturated heterocycles. The number of carbonyl (C=O) groups is 2. The lowest BCUT2D eigenvalue weighted by atomic mass is 9.71. The molecule has 0 unspecified atom stereocenters. The fourth-order valence-electron chi connectivity index (χ4n) is 5.77. The van der Waals surface area contributed by atoms with Gasteiger partial charge in [0.1, 0.15) is 0 Å². The molecule has 1 aliphatic rings. The molecule has 1 aromatic heterocycles. The number of fused-ring (bicyclic) bond motifs is 1. The Hall–Kier alpha value is -3.70. The molecule has 6 heteroatoms. The summed E-state index contributed by atoms with van der Waals surface area (Å²) >= 11 is 6.03. The Kier molecular flexibility index (Phi) is 8.04. The molecule has 3 aromatic carbocycles. The third kappa shape index (κ3) is 6.22. The Morgan fingerprint density at radius 1 is 0.895 bits per heavy atom. The number of carboxylic acid groups (broad SMARTS) is 1. The first-order valence-corrected chi connectivity index (χ1v) is 13.5. The lowest BCUT2D eigenvalue weighted by molar-refractivity contribution is -0.136. The van der Waals surface area contributed by atoms with Crippen molar-refractivity contribution in [1.29, 1.82) is 0 Å². The third-order valence-electron chi connectivity index (χ3n) is 7.75. The van der Waals surface area contributed by atoms with Gasteiger partial charge in [-0.25, -0.2) is 0 Å². The van der Waals surface area contributed by atoms with Crippen LogP contribution in [0.1, 0.15) is 48.3 Å². The molecular formula is C32H31ClN2O3. The molecule has 38 heavy (non-hydrogen) atoms. The van der Waals surface area contributed by atoms with Crippen molar-refractivity contribution in [3.05, 3.63) is 107 Å². The zero-order chi connectivity index (χ0) is 26.5. The Morgan fingerprint density at radius 3 is 2.29 bits per heavy atom. The number of aromatic nitrogens is 1. The van der Waals surface area contributed by atoms with E-state index in [1.165, 1.54) is 10.9 Å². The number of carbonyl (C=O) groups excluding carboxylic acids is 1. The Labute approximate surface area is 227 Å². The first-order chi connectivity index (χ1) is 18.5. The molecule has 5 nitrogen and oxygen atoms in total. The number of carboxylic acids is 1. The van der Waals surface area contributed by atoms with E-state index in [1.807, 2.05) is 48.7 Å². The SMILES string of the molecule is O=C(O)Cc1ccc(C[C@@H](C(=O)Nc2ccc(Cl)cc2)[C@H]2CC[C@@H](c3ccnc4ccccc43)CC2)cc1. The fourth-order valence-corrected chi connectivity index (χ4v) is 5.90. The van der Waals surface area contributed by atoms with E-state index < -0.39 is 5.97 Å². The number of pyridine rings is 1. The normalized spacial score (nSPS) is 18.1. The number of anilines is 1. The second-order valence-corrected chi connectivity index (χ2v) is 10.7. The van der Waals surface area contributed by atoms with Gasteiger partial charge in [-0.1, -0.05) is 54.1 Å². The maximum absolute atomic E-state index is 13.6. The Balaban J connectivity index is 1.33. The van der Waals surface area contributed by atoms with Crippen molar-refractivity contribution in [2.24, 2.45) is 11.8 Å². The fraction of sp³-hybridized carbons (Fsp3) is 0.281. The molecule has 194 valence electrons. The molecule has 1 aliphatic carbocycles. The van der Waals surface area contributed by atoms with Crippen molar-refractivity contribution in [3.8, 4) is 0 Å². The van der Waals surface area contributed by atoms with Gasteiger partial charge in [0.2, 0.25) is 5.91 Å². The van der Waals surface area contributed by atoms with E-state index in [4.69, 9.17) is 16.7 Å². The van der Waals surface area contributed by atoms with Gasteiger partial charge in [0.05, 0.1) is 11.9 Å². The Morgan fingerprint density at radius 2 is 1.58 bits per heavy atom. The van der Waals surface area contributed by atoms with Crippen LogP contribution in [0.5, 0.6) is 0 Å². The number of hydrogen-bond donors (Lipinski definition) is 2. The molecule has 1 atom stereocenters. The largest absolute Gasteiger partial charge is 0.481 e. The summed E-state index contributed by atoms with van der Waals surface area (Å²) in [5.41, 5.74) is 4.91. The first-order valence-electron chi connectivity index (χ1n) is 13.2. The molecule has 5 rings (SSSR count). The van der Waals surface area contributed by atoms with Gasteiger partial charge >= 0.3 is 5.97 Å². The van der Waals surface area contributed by atoms with Gasteiger partial charge in [-0.15, -0.1) is 0 Å². The zero-order valence-corrected chi connectivity index (χ0v) is 21.9. The maximum atomic E-state index is 13.6. The number of nitrogens with one attached hydrogen (secondary N) is 1. The molecular weight excluding hydrogens is 496 g/mol. The summed E-state index contributed by atoms with van der Waals surface area (Å²) in [6.45, 7) is 0. The van der Waals surface area contributed by atoms with Crippen molar-refractivity contribution in [3.63, 3.8) is 0 Å². The van der Waals surface area contributed by atoms with Crippen LogP contribution in [-0.4, -0.2) is 22.0 Å². The quantitative estimate of drug-likeness (QED) is 0.253. The highest BCUT2D eigenvalue weighted by atomic mass is 35.5. The lowest BCUT2D eigenvalue weighted by Gasteiger charge is -2.34. The predicted octanol–water partition coefficient (Wildman–Crippen LogP) is 7.29. The van der Waals surface area contributed by atoms with E-state index in [0.29, 0.717) is 17.4 Å². The van der Waals surface area contributed by atoms with Gasteiger partial charge in [0.25, 0.3) is 0 Å². The highest BCUT2D eigenvalue weighted by molar-refractivity contribution is 6.30. The molecule has 4 aromatic rings. The number of aliphatic carboxylic acids is 1. The summed E-state index contributed by atoms with van der Waals surface area (Å²) in [6.07, 6.45) is 6.50. The minimum atomic E-state index is -0.850. The number of nitrogens with zero attached hydrogens (tertiary/aromatic N) is 1. The van der Waals surface area contributed by atoms with E-state index in [-0.39, 0.29) is 24.2 Å². The molecule has 0 radical (unpaired) electrons. The highest BCUT2D eigenvalue weighted by Crippen LogP contribution is 2.41. The van der Waals surface area contributed by atoms with Crippen molar-refractivity contribution in [1.82, 2.24) is 4.98 Å². The summed E-state index contributed by atoms with van der Waals surface area (Å²) < 4.78 is 0. The number of benzene rings is 3. The monoisotopic (exact) mass is 526 g/mol. The van der Waals surface area contributed by atoms with Crippen molar-refractivity contribution >= 4 is 40.1 Å². The molecule has 0 spiro atoms. The number of para-hydroxylation sites is 1. The number of amides is 1. The molecule has 1 heterocycles. The van der Waals surface area contributed by atoms with Crippen LogP contribution in [0, 0.1) is 11.8 Å². The van der Waals surface area contributed by atoms with Crippen LogP contribution >= 0.6 is 11.6 Å². The molecule has 0 aliphatic heterocycles. The summed E-state index contributed by atoms with van der Waals surface area (Å²) in [6, 6.07) is 25.3. The van der Waals surface area contributed by atoms with E-state index in [9.17, 15) is 9.59 Å². The van der Waals surface area contributed by atoms with Gasteiger partial charge < -0.3 is 10.4 Å². The van der Waals surface area contributed by atoms with Crippen molar-refractivity contribution in [2.45, 2.75) is 44.4 Å². The summed E-state index contributed by atoms with van der Waals surface area (Å²) in [5, 5.41) is 14.0. The van der Waals surface area contributed by atoms with Crippen LogP contribution in [0.2, 0.25) is 5.02 Å². The van der Waals surface area contributed by atoms with Crippen molar-refractivity contribution in [2.75, 3.05) is 5.32 Å². The van der Waals surface area contributed by atoms with E-state index in [2.05, 4.69) is 34.6 Å². The van der Waals surface area contributed by atoms with Crippen LogP contribution in [-0.2, 0) is 22.4 Å². The van der Waals surface area contributed by atoms with Crippen molar-refractivity contribution < 1.29 is 14.7 Å². The number of rotatable bonds is 8. The molecule has 2 N–H and O–H groups in total. The molecule has 1 fully saturated rings. The molecule has 1 amide bonds. The minimum Gasteiger partial charge on any atom is -0.481 e. The van der Waals surface area contributed by atoms with Crippen LogP contribution in [0.3, 0.4) is 0 Å². The summed E-state index contributed by atoms with van der Waals surface area (Å²) in [4.78, 5) is 29.2. The second-order valence-electron chi connectivity index (χ2n) is 10.2. The number of hydrogen-bond acceptors (Lipinski definition) is 3. The van der Waals surface area contributed by atoms with Crippen LogP contribution in [0.4, 0.5) is 5.69 Å². The topological polar surface area (TPSA) is 79.3 Å². The Bertz CT molecular complexity index is 1410. The highest BCUT2D eigenvalue weighted by Gasteiger charge is 2.33. The zero-order valence-electron chi connectivity index (χ0n) is 21.1. The average Bonchev–Trinajstić information content (AvgIpc) is 2.93. The third-order valence-corrected chi connectivity index (χ3v) is 8.00. The molecule has 0 bridgehead atoms. The first kappa shape index (κ1) is 25.9. The second kappa shape index (κ2) is 11.8. The predicted molar refractivity (Wildman–Crippen MR) is 151 cm³/mol. The summed E-state index contributed by atoms with van der Waals surface area (Å²) in [7, 11) is 0. The van der Waals surface area contributed by atoms with Crippen LogP contribution < -0.4 is 5.32 Å². The maximum Gasteiger partial charge on any atom is 0.307 e. The van der Waals surface area contributed by atoms with E-state index in [1.54, 1.807) is 12.1 Å². The minimum absolute atomic E-state index is 0.00549. The van der Waals surface area contributed by atoms with Gasteiger partial charge in [0.15, 0.2) is 0 Å². The van der Waals surface area contributed by atoms with E-state index >= 15 is 0 Å². The van der Waals surface area contributed by atoms with Crippen LogP contribution in [0.15, 0.2) is 85.1 Å². The van der Waals surface area contributed by atoms with Gasteiger partial charge in [-0.3, -0.25) is 14.6 Å². The van der Waals surface area contributed by atoms with E-state index in [0.717, 1.165) is 48.0 Å². The average molecular weight is 527 g/mol. The van der Waals surface area contributed by atoms with Gasteiger partial charge in [-0.05, 0) is 97.0 Å². The lowest BCUT2D eigenvalue weighted by Crippen LogP contribution is -2.33. The van der Waals surface area contributed by atoms with Crippen LogP contribution in [0.25, 0.3) is 10.9 Å². The smallest absolute Gasteiger partial charge is 0.307 e.